The summed E-state index contributed by atoms with van der Waals surface area (Å²) in [6.07, 6.45) is 3.89. The van der Waals surface area contributed by atoms with Crippen molar-refractivity contribution in [2.75, 3.05) is 38.0 Å². The van der Waals surface area contributed by atoms with Gasteiger partial charge in [0, 0.05) is 30.6 Å². The van der Waals surface area contributed by atoms with Crippen LogP contribution in [0.25, 0.3) is 16.9 Å². The second-order valence-electron chi connectivity index (χ2n) is 9.66. The van der Waals surface area contributed by atoms with E-state index in [1.807, 2.05) is 53.4 Å². The minimum absolute atomic E-state index is 0.0677. The van der Waals surface area contributed by atoms with Crippen LogP contribution in [0.5, 0.6) is 0 Å². The van der Waals surface area contributed by atoms with Crippen LogP contribution in [0.3, 0.4) is 0 Å². The van der Waals surface area contributed by atoms with Gasteiger partial charge in [-0.15, -0.1) is 0 Å². The Balaban J connectivity index is 1.25. The van der Waals surface area contributed by atoms with Crippen molar-refractivity contribution in [2.24, 2.45) is 5.92 Å². The third kappa shape index (κ3) is 5.46. The summed E-state index contributed by atoms with van der Waals surface area (Å²) in [5.74, 6) is 0.990. The van der Waals surface area contributed by atoms with Crippen LogP contribution in [-0.2, 0) is 9.59 Å². The molecule has 0 saturated carbocycles. The number of rotatable bonds is 6. The maximum atomic E-state index is 13.0. The standard InChI is InChI=1S/C28H33N5O2/c1-21-9-11-22(12-10-21)25-19-26(33(30-25)24-7-3-2-4-8-24)29-27(34)20-31-17-13-23(14-18-31)28(35)32-15-5-6-16-32/h2-4,7-12,19,23H,5-6,13-18,20H2,1H3,(H,29,34). The highest BCUT2D eigenvalue weighted by Gasteiger charge is 2.30. The monoisotopic (exact) mass is 471 g/mol. The molecule has 7 heteroatoms. The Bertz CT molecular complexity index is 1160. The zero-order valence-corrected chi connectivity index (χ0v) is 20.3. The van der Waals surface area contributed by atoms with Gasteiger partial charge in [0.05, 0.1) is 17.9 Å². The fourth-order valence-corrected chi connectivity index (χ4v) is 5.02. The van der Waals surface area contributed by atoms with Gasteiger partial charge in [0.25, 0.3) is 0 Å². The summed E-state index contributed by atoms with van der Waals surface area (Å²) in [5.41, 5.74) is 3.90. The van der Waals surface area contributed by atoms with Gasteiger partial charge in [-0.05, 0) is 57.8 Å². The average molecular weight is 472 g/mol. The molecule has 0 atom stereocenters. The number of aromatic nitrogens is 2. The topological polar surface area (TPSA) is 70.5 Å². The Morgan fingerprint density at radius 1 is 0.943 bits per heavy atom. The molecule has 0 bridgehead atoms. The van der Waals surface area contributed by atoms with Crippen LogP contribution < -0.4 is 5.32 Å². The summed E-state index contributed by atoms with van der Waals surface area (Å²) in [6.45, 7) is 5.71. The lowest BCUT2D eigenvalue weighted by Gasteiger charge is -2.32. The number of likely N-dealkylation sites (tertiary alicyclic amines) is 2. The van der Waals surface area contributed by atoms with Crippen LogP contribution in [-0.4, -0.2) is 64.1 Å². The molecule has 0 radical (unpaired) electrons. The van der Waals surface area contributed by atoms with E-state index in [1.165, 1.54) is 5.56 Å². The lowest BCUT2D eigenvalue weighted by atomic mass is 9.95. The molecule has 2 aliphatic heterocycles. The highest BCUT2D eigenvalue weighted by atomic mass is 16.2. The Morgan fingerprint density at radius 2 is 1.63 bits per heavy atom. The van der Waals surface area contributed by atoms with Gasteiger partial charge in [0.15, 0.2) is 0 Å². The van der Waals surface area contributed by atoms with Gasteiger partial charge < -0.3 is 10.2 Å². The smallest absolute Gasteiger partial charge is 0.239 e. The van der Waals surface area contributed by atoms with Crippen LogP contribution >= 0.6 is 0 Å². The Hall–Kier alpha value is -3.45. The van der Waals surface area contributed by atoms with Gasteiger partial charge in [-0.1, -0.05) is 48.0 Å². The second-order valence-corrected chi connectivity index (χ2v) is 9.66. The molecule has 2 fully saturated rings. The maximum Gasteiger partial charge on any atom is 0.239 e. The summed E-state index contributed by atoms with van der Waals surface area (Å²) in [4.78, 5) is 29.9. The number of nitrogens with zero attached hydrogens (tertiary/aromatic N) is 4. The summed E-state index contributed by atoms with van der Waals surface area (Å²) in [6, 6.07) is 20.0. The third-order valence-corrected chi connectivity index (χ3v) is 7.05. The molecular weight excluding hydrogens is 438 g/mol. The number of carbonyl (C=O) groups is 2. The third-order valence-electron chi connectivity index (χ3n) is 7.05. The van der Waals surface area contributed by atoms with Gasteiger partial charge in [-0.25, -0.2) is 4.68 Å². The molecule has 182 valence electrons. The molecule has 1 N–H and O–H groups in total. The molecule has 0 unspecified atom stereocenters. The fraction of sp³-hybridized carbons (Fsp3) is 0.393. The predicted molar refractivity (Wildman–Crippen MR) is 137 cm³/mol. The normalized spacial score (nSPS) is 17.0. The van der Waals surface area contributed by atoms with Gasteiger partial charge in [0.1, 0.15) is 5.82 Å². The molecule has 2 amide bonds. The molecule has 2 saturated heterocycles. The Morgan fingerprint density at radius 3 is 2.31 bits per heavy atom. The van der Waals surface area contributed by atoms with Crippen molar-refractivity contribution >= 4 is 17.6 Å². The molecule has 2 aliphatic rings. The van der Waals surface area contributed by atoms with Gasteiger partial charge in [-0.3, -0.25) is 14.5 Å². The number of carbonyl (C=O) groups excluding carboxylic acids is 2. The highest BCUT2D eigenvalue weighted by molar-refractivity contribution is 5.92. The second kappa shape index (κ2) is 10.4. The van der Waals surface area contributed by atoms with Crippen molar-refractivity contribution in [1.82, 2.24) is 19.6 Å². The van der Waals surface area contributed by atoms with Crippen LogP contribution in [0, 0.1) is 12.8 Å². The largest absolute Gasteiger partial charge is 0.342 e. The number of hydrogen-bond acceptors (Lipinski definition) is 4. The van der Waals surface area contributed by atoms with E-state index in [-0.39, 0.29) is 11.8 Å². The Labute approximate surface area is 206 Å². The number of anilines is 1. The number of hydrogen-bond donors (Lipinski definition) is 1. The molecule has 1 aromatic heterocycles. The van der Waals surface area contributed by atoms with E-state index in [1.54, 1.807) is 4.68 Å². The molecular formula is C28H33N5O2. The molecule has 3 heterocycles. The van der Waals surface area contributed by atoms with E-state index < -0.39 is 0 Å². The molecule has 35 heavy (non-hydrogen) atoms. The number of nitrogens with one attached hydrogen (secondary N) is 1. The molecule has 5 rings (SSSR count). The first-order valence-corrected chi connectivity index (χ1v) is 12.6. The highest BCUT2D eigenvalue weighted by Crippen LogP contribution is 2.26. The van der Waals surface area contributed by atoms with E-state index in [9.17, 15) is 9.59 Å². The van der Waals surface area contributed by atoms with Crippen molar-refractivity contribution < 1.29 is 9.59 Å². The number of benzene rings is 2. The van der Waals surface area contributed by atoms with E-state index in [2.05, 4.69) is 29.3 Å². The van der Waals surface area contributed by atoms with Crippen molar-refractivity contribution in [3.63, 3.8) is 0 Å². The lowest BCUT2D eigenvalue weighted by molar-refractivity contribution is -0.136. The fourth-order valence-electron chi connectivity index (χ4n) is 5.02. The van der Waals surface area contributed by atoms with Crippen LogP contribution in [0.4, 0.5) is 5.82 Å². The zero-order chi connectivity index (χ0) is 24.2. The van der Waals surface area contributed by atoms with E-state index in [4.69, 9.17) is 5.10 Å². The molecule has 7 nitrogen and oxygen atoms in total. The summed E-state index contributed by atoms with van der Waals surface area (Å²) >= 11 is 0. The molecule has 0 spiro atoms. The van der Waals surface area contributed by atoms with E-state index in [0.29, 0.717) is 18.3 Å². The first-order chi connectivity index (χ1) is 17.1. The van der Waals surface area contributed by atoms with Crippen molar-refractivity contribution in [3.05, 3.63) is 66.2 Å². The molecule has 0 aliphatic carbocycles. The zero-order valence-electron chi connectivity index (χ0n) is 20.3. The predicted octanol–water partition coefficient (Wildman–Crippen LogP) is 4.12. The van der Waals surface area contributed by atoms with Crippen molar-refractivity contribution in [2.45, 2.75) is 32.6 Å². The number of amides is 2. The summed E-state index contributed by atoms with van der Waals surface area (Å²) in [5, 5.41) is 7.87. The number of para-hydroxylation sites is 1. The minimum atomic E-state index is -0.0677. The Kier molecular flexibility index (Phi) is 6.95. The van der Waals surface area contributed by atoms with Crippen molar-refractivity contribution in [1.29, 1.82) is 0 Å². The average Bonchev–Trinajstić information content (AvgIpc) is 3.56. The summed E-state index contributed by atoms with van der Waals surface area (Å²) < 4.78 is 1.79. The number of piperidine rings is 1. The quantitative estimate of drug-likeness (QED) is 0.587. The number of aryl methyl sites for hydroxylation is 1. The lowest BCUT2D eigenvalue weighted by Crippen LogP contribution is -2.44. The van der Waals surface area contributed by atoms with Crippen LogP contribution in [0.15, 0.2) is 60.7 Å². The maximum absolute atomic E-state index is 13.0. The SMILES string of the molecule is Cc1ccc(-c2cc(NC(=O)CN3CCC(C(=O)N4CCCC4)CC3)n(-c3ccccc3)n2)cc1. The first-order valence-electron chi connectivity index (χ1n) is 12.6. The molecule has 3 aromatic rings. The molecule has 2 aromatic carbocycles. The van der Waals surface area contributed by atoms with E-state index >= 15 is 0 Å². The summed E-state index contributed by atoms with van der Waals surface area (Å²) in [7, 11) is 0. The van der Waals surface area contributed by atoms with E-state index in [0.717, 1.165) is 68.8 Å². The van der Waals surface area contributed by atoms with Gasteiger partial charge in [0.2, 0.25) is 11.8 Å². The first kappa shape index (κ1) is 23.3. The van der Waals surface area contributed by atoms with Gasteiger partial charge in [-0.2, -0.15) is 5.10 Å². The van der Waals surface area contributed by atoms with Gasteiger partial charge >= 0.3 is 0 Å². The minimum Gasteiger partial charge on any atom is -0.342 e. The van der Waals surface area contributed by atoms with Crippen molar-refractivity contribution in [3.8, 4) is 16.9 Å². The van der Waals surface area contributed by atoms with Crippen LogP contribution in [0.2, 0.25) is 0 Å². The van der Waals surface area contributed by atoms with Crippen LogP contribution in [0.1, 0.15) is 31.2 Å².